The lowest BCUT2D eigenvalue weighted by Crippen LogP contribution is -2.33. The minimum absolute atomic E-state index is 0.203. The van der Waals surface area contributed by atoms with E-state index in [1.807, 2.05) is 13.0 Å². The number of amides is 1. The Morgan fingerprint density at radius 1 is 1.12 bits per heavy atom. The van der Waals surface area contributed by atoms with Crippen molar-refractivity contribution in [2.45, 2.75) is 20.0 Å². The molecule has 1 N–H and O–H groups in total. The molecule has 2 heterocycles. The van der Waals surface area contributed by atoms with E-state index >= 15 is 0 Å². The molecule has 0 radical (unpaired) electrons. The van der Waals surface area contributed by atoms with Crippen LogP contribution in [0.1, 0.15) is 10.6 Å². The Kier molecular flexibility index (Phi) is 6.36. The molecule has 10 heteroatoms. The minimum atomic E-state index is -0.449. The Bertz CT molecular complexity index is 1380. The highest BCUT2D eigenvalue weighted by Gasteiger charge is 2.19. The van der Waals surface area contributed by atoms with Crippen LogP contribution >= 0.6 is 11.3 Å². The molecule has 0 fully saturated rings. The number of nitrogens with zero attached hydrogens (tertiary/aromatic N) is 3. The van der Waals surface area contributed by atoms with E-state index in [2.05, 4.69) is 15.4 Å². The molecule has 1 amide bonds. The molecule has 0 aliphatic carbocycles. The Balaban J connectivity index is 1.68. The number of ether oxygens (including phenoxy) is 2. The van der Waals surface area contributed by atoms with E-state index in [0.29, 0.717) is 32.5 Å². The van der Waals surface area contributed by atoms with E-state index in [4.69, 9.17) is 9.47 Å². The largest absolute Gasteiger partial charge is 0.493 e. The third kappa shape index (κ3) is 4.70. The van der Waals surface area contributed by atoms with E-state index in [-0.39, 0.29) is 24.4 Å². The van der Waals surface area contributed by atoms with Gasteiger partial charge in [-0.25, -0.2) is 14.1 Å². The molecule has 0 aliphatic rings. The number of fused-ring (bicyclic) bond motifs is 1. The number of halogens is 1. The second kappa shape index (κ2) is 9.37. The van der Waals surface area contributed by atoms with Crippen LogP contribution in [-0.4, -0.2) is 34.9 Å². The van der Waals surface area contributed by atoms with Crippen LogP contribution in [0.4, 0.5) is 4.39 Å². The molecule has 8 nitrogen and oxygen atoms in total. The number of aryl methyl sites for hydroxylation is 1. The van der Waals surface area contributed by atoms with Gasteiger partial charge in [-0.2, -0.15) is 5.10 Å². The van der Waals surface area contributed by atoms with Crippen molar-refractivity contribution in [3.05, 3.63) is 69.2 Å². The first-order chi connectivity index (χ1) is 15.9. The van der Waals surface area contributed by atoms with E-state index in [1.54, 1.807) is 31.4 Å². The first-order valence-corrected chi connectivity index (χ1v) is 10.8. The molecule has 4 rings (SSSR count). The zero-order chi connectivity index (χ0) is 23.5. The van der Waals surface area contributed by atoms with Gasteiger partial charge in [0.1, 0.15) is 18.1 Å². The van der Waals surface area contributed by atoms with Crippen molar-refractivity contribution in [2.75, 3.05) is 14.2 Å². The van der Waals surface area contributed by atoms with Crippen molar-refractivity contribution < 1.29 is 18.7 Å². The maximum absolute atomic E-state index is 13.1. The predicted molar refractivity (Wildman–Crippen MR) is 123 cm³/mol. The second-order valence-electron chi connectivity index (χ2n) is 7.19. The molecule has 2 aromatic heterocycles. The highest BCUT2D eigenvalue weighted by molar-refractivity contribution is 7.19. The van der Waals surface area contributed by atoms with Gasteiger partial charge in [0.15, 0.2) is 17.0 Å². The van der Waals surface area contributed by atoms with Crippen LogP contribution in [0.15, 0.2) is 47.3 Å². The molecule has 0 bridgehead atoms. The molecule has 0 unspecified atom stereocenters. The number of rotatable bonds is 7. The molecule has 0 saturated heterocycles. The third-order valence-electron chi connectivity index (χ3n) is 4.96. The fourth-order valence-electron chi connectivity index (χ4n) is 3.34. The first-order valence-electron chi connectivity index (χ1n) is 10.0. The molecule has 0 saturated carbocycles. The molecule has 33 heavy (non-hydrogen) atoms. The van der Waals surface area contributed by atoms with E-state index in [1.165, 1.54) is 30.6 Å². The van der Waals surface area contributed by atoms with Crippen molar-refractivity contribution in [3.8, 4) is 22.8 Å². The van der Waals surface area contributed by atoms with Gasteiger partial charge >= 0.3 is 0 Å². The summed E-state index contributed by atoms with van der Waals surface area (Å²) < 4.78 is 25.5. The lowest BCUT2D eigenvalue weighted by atomic mass is 10.1. The maximum atomic E-state index is 13.1. The highest BCUT2D eigenvalue weighted by Crippen LogP contribution is 2.35. The molecule has 170 valence electrons. The first kappa shape index (κ1) is 22.4. The van der Waals surface area contributed by atoms with Gasteiger partial charge in [0.25, 0.3) is 5.56 Å². The summed E-state index contributed by atoms with van der Waals surface area (Å²) in [6, 6.07) is 11.1. The van der Waals surface area contributed by atoms with E-state index < -0.39 is 11.5 Å². The van der Waals surface area contributed by atoms with Crippen LogP contribution in [0.25, 0.3) is 21.5 Å². The van der Waals surface area contributed by atoms with Gasteiger partial charge in [-0.1, -0.05) is 12.1 Å². The molecule has 0 aliphatic heterocycles. The molecule has 0 atom stereocenters. The van der Waals surface area contributed by atoms with Gasteiger partial charge in [-0.05, 0) is 42.8 Å². The standard InChI is InChI=1S/C23H21FN4O4S/c1-13-26-21-22(33-13)20(15-6-9-17(31-2)18(10-15)32-3)27-28(23(21)30)12-19(29)25-11-14-4-7-16(24)8-5-14/h4-10H,11-12H2,1-3H3,(H,25,29). The van der Waals surface area contributed by atoms with Crippen LogP contribution in [0, 0.1) is 12.7 Å². The van der Waals surface area contributed by atoms with Gasteiger partial charge in [0.05, 0.1) is 23.9 Å². The summed E-state index contributed by atoms with van der Waals surface area (Å²) in [5, 5.41) is 7.93. The Hall–Kier alpha value is -3.79. The lowest BCUT2D eigenvalue weighted by molar-refractivity contribution is -0.122. The van der Waals surface area contributed by atoms with Gasteiger partial charge in [-0.3, -0.25) is 9.59 Å². The summed E-state index contributed by atoms with van der Waals surface area (Å²) >= 11 is 1.36. The van der Waals surface area contributed by atoms with Gasteiger partial charge in [-0.15, -0.1) is 11.3 Å². The summed E-state index contributed by atoms with van der Waals surface area (Å²) in [4.78, 5) is 29.9. The van der Waals surface area contributed by atoms with Crippen LogP contribution in [-0.2, 0) is 17.9 Å². The fraction of sp³-hybridized carbons (Fsp3) is 0.217. The quantitative estimate of drug-likeness (QED) is 0.447. The number of hydrogen-bond acceptors (Lipinski definition) is 7. The zero-order valence-corrected chi connectivity index (χ0v) is 19.0. The van der Waals surface area contributed by atoms with Crippen molar-refractivity contribution in [3.63, 3.8) is 0 Å². The van der Waals surface area contributed by atoms with Crippen LogP contribution in [0.5, 0.6) is 11.5 Å². The van der Waals surface area contributed by atoms with E-state index in [9.17, 15) is 14.0 Å². The summed E-state index contributed by atoms with van der Waals surface area (Å²) in [6.07, 6.45) is 0. The Labute approximate surface area is 192 Å². The lowest BCUT2D eigenvalue weighted by Gasteiger charge is -2.12. The molecule has 4 aromatic rings. The normalized spacial score (nSPS) is 10.9. The van der Waals surface area contributed by atoms with Gasteiger partial charge < -0.3 is 14.8 Å². The monoisotopic (exact) mass is 468 g/mol. The zero-order valence-electron chi connectivity index (χ0n) is 18.2. The van der Waals surface area contributed by atoms with Crippen LogP contribution in [0.2, 0.25) is 0 Å². The molecule has 2 aromatic carbocycles. The van der Waals surface area contributed by atoms with E-state index in [0.717, 1.165) is 10.2 Å². The molecular formula is C23H21FN4O4S. The summed E-state index contributed by atoms with van der Waals surface area (Å²) in [6.45, 7) is 1.73. The van der Waals surface area contributed by atoms with Crippen molar-refractivity contribution >= 4 is 27.5 Å². The number of nitrogens with one attached hydrogen (secondary N) is 1. The third-order valence-corrected chi connectivity index (χ3v) is 5.94. The maximum Gasteiger partial charge on any atom is 0.294 e. The van der Waals surface area contributed by atoms with Crippen molar-refractivity contribution in [1.82, 2.24) is 20.1 Å². The summed E-state index contributed by atoms with van der Waals surface area (Å²) in [7, 11) is 3.08. The Morgan fingerprint density at radius 2 is 1.85 bits per heavy atom. The topological polar surface area (TPSA) is 95.3 Å². The number of hydrogen-bond donors (Lipinski definition) is 1. The summed E-state index contributed by atoms with van der Waals surface area (Å²) in [5.74, 6) is 0.321. The van der Waals surface area contributed by atoms with Crippen molar-refractivity contribution in [2.24, 2.45) is 0 Å². The SMILES string of the molecule is COc1ccc(-c2nn(CC(=O)NCc3ccc(F)cc3)c(=O)c3nc(C)sc23)cc1OC. The summed E-state index contributed by atoms with van der Waals surface area (Å²) in [5.41, 5.74) is 1.75. The van der Waals surface area contributed by atoms with Crippen LogP contribution < -0.4 is 20.3 Å². The average Bonchev–Trinajstić information content (AvgIpc) is 3.22. The Morgan fingerprint density at radius 3 is 2.55 bits per heavy atom. The fourth-order valence-corrected chi connectivity index (χ4v) is 4.26. The van der Waals surface area contributed by atoms with Gasteiger partial charge in [0.2, 0.25) is 5.91 Å². The number of benzene rings is 2. The number of carbonyl (C=O) groups excluding carboxylic acids is 1. The van der Waals surface area contributed by atoms with Crippen LogP contribution in [0.3, 0.4) is 0 Å². The predicted octanol–water partition coefficient (Wildman–Crippen LogP) is 3.30. The second-order valence-corrected chi connectivity index (χ2v) is 8.40. The molecular weight excluding hydrogens is 447 g/mol. The van der Waals surface area contributed by atoms with Crippen molar-refractivity contribution in [1.29, 1.82) is 0 Å². The number of carbonyl (C=O) groups is 1. The average molecular weight is 469 g/mol. The highest BCUT2D eigenvalue weighted by atomic mass is 32.1. The number of thiazole rings is 1. The smallest absolute Gasteiger partial charge is 0.294 e. The minimum Gasteiger partial charge on any atom is -0.493 e. The number of aromatic nitrogens is 3. The number of methoxy groups -OCH3 is 2. The van der Waals surface area contributed by atoms with Gasteiger partial charge in [0, 0.05) is 12.1 Å². The molecule has 0 spiro atoms.